The van der Waals surface area contributed by atoms with Gasteiger partial charge in [-0.3, -0.25) is 4.79 Å². The maximum Gasteiger partial charge on any atom is 0.405 e. The van der Waals surface area contributed by atoms with Gasteiger partial charge in [-0.1, -0.05) is 39.0 Å². The van der Waals surface area contributed by atoms with Crippen molar-refractivity contribution in [1.29, 1.82) is 0 Å². The lowest BCUT2D eigenvalue weighted by Crippen LogP contribution is -2.62. The zero-order valence-electron chi connectivity index (χ0n) is 17.1. The second-order valence-corrected chi connectivity index (χ2v) is 7.97. The maximum absolute atomic E-state index is 12.8. The molecule has 3 N–H and O–H groups in total. The smallest absolute Gasteiger partial charge is 0.405 e. The fourth-order valence-corrected chi connectivity index (χ4v) is 2.63. The van der Waals surface area contributed by atoms with Crippen LogP contribution in [-0.4, -0.2) is 27.6 Å². The molecule has 1 atom stereocenters. The first-order valence-electron chi connectivity index (χ1n) is 8.97. The van der Waals surface area contributed by atoms with Crippen LogP contribution in [0.3, 0.4) is 0 Å². The molecule has 1 aromatic heterocycles. The number of pyridine rings is 1. The van der Waals surface area contributed by atoms with Gasteiger partial charge in [0.05, 0.1) is 11.9 Å². The van der Waals surface area contributed by atoms with E-state index in [0.29, 0.717) is 11.6 Å². The normalized spacial score (nSPS) is 13.4. The number of carbonyl (C=O) groups is 2. The lowest BCUT2D eigenvalue weighted by molar-refractivity contribution is -0.125. The van der Waals surface area contributed by atoms with Crippen LogP contribution in [0, 0.1) is 19.3 Å². The van der Waals surface area contributed by atoms with Gasteiger partial charge in [0.2, 0.25) is 5.88 Å². The highest BCUT2D eigenvalue weighted by atomic mass is 16.5. The minimum Gasteiger partial charge on any atom is -0.465 e. The van der Waals surface area contributed by atoms with E-state index in [-0.39, 0.29) is 0 Å². The van der Waals surface area contributed by atoms with Crippen LogP contribution < -0.4 is 15.4 Å². The number of hydrogen-bond acceptors (Lipinski definition) is 4. The lowest BCUT2D eigenvalue weighted by atomic mass is 9.74. The van der Waals surface area contributed by atoms with Crippen molar-refractivity contribution in [2.24, 2.45) is 5.41 Å². The highest BCUT2D eigenvalue weighted by Gasteiger charge is 2.45. The van der Waals surface area contributed by atoms with E-state index in [1.54, 1.807) is 39.8 Å². The number of ether oxygens (including phenoxy) is 1. The molecular weight excluding hydrogens is 358 g/mol. The fourth-order valence-electron chi connectivity index (χ4n) is 2.63. The van der Waals surface area contributed by atoms with E-state index < -0.39 is 23.0 Å². The highest BCUT2D eigenvalue weighted by molar-refractivity contribution is 6.00. The van der Waals surface area contributed by atoms with Gasteiger partial charge in [-0.15, -0.1) is 0 Å². The van der Waals surface area contributed by atoms with Crippen molar-refractivity contribution < 1.29 is 19.4 Å². The molecule has 1 aromatic carbocycles. The Labute approximate surface area is 165 Å². The third-order valence-electron chi connectivity index (χ3n) is 4.92. The lowest BCUT2D eigenvalue weighted by Gasteiger charge is -2.40. The van der Waals surface area contributed by atoms with E-state index in [4.69, 9.17) is 9.84 Å². The van der Waals surface area contributed by atoms with Crippen molar-refractivity contribution in [3.63, 3.8) is 0 Å². The molecule has 28 heavy (non-hydrogen) atoms. The second-order valence-electron chi connectivity index (χ2n) is 7.97. The molecule has 0 saturated carbocycles. The summed E-state index contributed by atoms with van der Waals surface area (Å²) in [4.78, 5) is 28.2. The Hall–Kier alpha value is -3.09. The first-order valence-corrected chi connectivity index (χ1v) is 8.97. The summed E-state index contributed by atoms with van der Waals surface area (Å²) in [5.41, 5.74) is 0.474. The predicted molar refractivity (Wildman–Crippen MR) is 108 cm³/mol. The molecular formula is C21H27N3O4. The average Bonchev–Trinajstić information content (AvgIpc) is 2.58. The predicted octanol–water partition coefficient (Wildman–Crippen LogP) is 4.50. The van der Waals surface area contributed by atoms with Crippen molar-refractivity contribution in [3.8, 4) is 11.6 Å². The van der Waals surface area contributed by atoms with E-state index in [0.717, 1.165) is 16.9 Å². The quantitative estimate of drug-likeness (QED) is 0.703. The number of anilines is 1. The Morgan fingerprint density at radius 1 is 1.04 bits per heavy atom. The van der Waals surface area contributed by atoms with E-state index in [1.165, 1.54) is 6.20 Å². The van der Waals surface area contributed by atoms with Crippen LogP contribution >= 0.6 is 0 Å². The molecule has 0 aliphatic carbocycles. The molecule has 7 nitrogen and oxygen atoms in total. The molecule has 1 heterocycles. The van der Waals surface area contributed by atoms with Gasteiger partial charge in [-0.25, -0.2) is 9.78 Å². The third kappa shape index (κ3) is 4.60. The zero-order valence-corrected chi connectivity index (χ0v) is 17.1. The number of nitrogens with one attached hydrogen (secondary N) is 2. The first kappa shape index (κ1) is 21.2. The molecule has 150 valence electrons. The summed E-state index contributed by atoms with van der Waals surface area (Å²) in [5.74, 6) is 0.683. The molecule has 0 fully saturated rings. The Bertz CT molecular complexity index is 852. The largest absolute Gasteiger partial charge is 0.465 e. The molecule has 0 unspecified atom stereocenters. The summed E-state index contributed by atoms with van der Waals surface area (Å²) in [6.07, 6.45) is 0.216. The van der Waals surface area contributed by atoms with E-state index in [9.17, 15) is 9.59 Å². The molecule has 0 spiro atoms. The third-order valence-corrected chi connectivity index (χ3v) is 4.92. The monoisotopic (exact) mass is 385 g/mol. The van der Waals surface area contributed by atoms with Crippen molar-refractivity contribution in [1.82, 2.24) is 10.3 Å². The Kier molecular flexibility index (Phi) is 5.97. The average molecular weight is 385 g/mol. The van der Waals surface area contributed by atoms with Gasteiger partial charge < -0.3 is 20.5 Å². The topological polar surface area (TPSA) is 101 Å². The molecule has 0 radical (unpaired) electrons. The van der Waals surface area contributed by atoms with Gasteiger partial charge in [-0.2, -0.15) is 0 Å². The van der Waals surface area contributed by atoms with Crippen LogP contribution in [0.1, 0.15) is 38.8 Å². The number of para-hydroxylation sites is 1. The number of benzene rings is 1. The molecule has 0 aliphatic rings. The number of nitrogens with zero attached hydrogens (tertiary/aromatic N) is 1. The Balaban J connectivity index is 2.17. The minimum absolute atomic E-state index is 0.401. The van der Waals surface area contributed by atoms with Gasteiger partial charge in [0.25, 0.3) is 5.91 Å². The van der Waals surface area contributed by atoms with Gasteiger partial charge in [-0.05, 0) is 43.4 Å². The van der Waals surface area contributed by atoms with Crippen LogP contribution in [0.2, 0.25) is 0 Å². The SMILES string of the molecule is Cc1cccc(C)c1Oc1ccc(NC(=O)[C@](C)(NC(=O)O)C(C)(C)C)cn1. The summed E-state index contributed by atoms with van der Waals surface area (Å²) < 4.78 is 5.86. The van der Waals surface area contributed by atoms with Crippen molar-refractivity contribution in [2.75, 3.05) is 5.32 Å². The van der Waals surface area contributed by atoms with Gasteiger partial charge in [0.15, 0.2) is 0 Å². The van der Waals surface area contributed by atoms with E-state index >= 15 is 0 Å². The standard InChI is InChI=1S/C21H27N3O4/c1-13-8-7-9-14(2)17(13)28-16-11-10-15(12-22-16)23-18(25)21(6,20(3,4)5)24-19(26)27/h7-12,24H,1-6H3,(H,23,25)(H,26,27)/t21-/m0/s1. The fraction of sp³-hybridized carbons (Fsp3) is 0.381. The van der Waals surface area contributed by atoms with E-state index in [2.05, 4.69) is 15.6 Å². The van der Waals surface area contributed by atoms with Gasteiger partial charge in [0.1, 0.15) is 11.3 Å². The van der Waals surface area contributed by atoms with Crippen LogP contribution in [-0.2, 0) is 4.79 Å². The summed E-state index contributed by atoms with van der Waals surface area (Å²) in [7, 11) is 0. The molecule has 0 saturated heterocycles. The van der Waals surface area contributed by atoms with Gasteiger partial charge in [0, 0.05) is 6.07 Å². The number of amides is 2. The van der Waals surface area contributed by atoms with Crippen molar-refractivity contribution in [2.45, 2.75) is 47.1 Å². The van der Waals surface area contributed by atoms with Crippen molar-refractivity contribution >= 4 is 17.7 Å². The number of carbonyl (C=O) groups excluding carboxylic acids is 1. The number of aromatic nitrogens is 1. The summed E-state index contributed by atoms with van der Waals surface area (Å²) in [6, 6.07) is 9.19. The number of aryl methyl sites for hydroxylation is 2. The molecule has 2 amide bonds. The maximum atomic E-state index is 12.8. The molecule has 2 aromatic rings. The highest BCUT2D eigenvalue weighted by Crippen LogP contribution is 2.32. The van der Waals surface area contributed by atoms with Gasteiger partial charge >= 0.3 is 6.09 Å². The second kappa shape index (κ2) is 7.88. The number of rotatable bonds is 5. The van der Waals surface area contributed by atoms with Crippen LogP contribution in [0.25, 0.3) is 0 Å². The molecule has 0 bridgehead atoms. The van der Waals surface area contributed by atoms with Crippen LogP contribution in [0.4, 0.5) is 10.5 Å². The van der Waals surface area contributed by atoms with Crippen LogP contribution in [0.5, 0.6) is 11.6 Å². The zero-order chi connectivity index (χ0) is 21.1. The first-order chi connectivity index (χ1) is 12.9. The number of carboxylic acid groups (broad SMARTS) is 1. The minimum atomic E-state index is -1.33. The summed E-state index contributed by atoms with van der Waals surface area (Å²) in [6.45, 7) is 10.9. The Morgan fingerprint density at radius 2 is 1.64 bits per heavy atom. The summed E-state index contributed by atoms with van der Waals surface area (Å²) >= 11 is 0. The molecule has 2 rings (SSSR count). The Morgan fingerprint density at radius 3 is 2.11 bits per heavy atom. The number of hydrogen-bond donors (Lipinski definition) is 3. The van der Waals surface area contributed by atoms with E-state index in [1.807, 2.05) is 32.0 Å². The summed E-state index contributed by atoms with van der Waals surface area (Å²) in [5, 5.41) is 14.2. The van der Waals surface area contributed by atoms with Crippen molar-refractivity contribution in [3.05, 3.63) is 47.7 Å². The molecule has 0 aliphatic heterocycles. The van der Waals surface area contributed by atoms with Crippen LogP contribution in [0.15, 0.2) is 36.5 Å². The molecule has 7 heteroatoms.